The molecule has 2 heterocycles. The van der Waals surface area contributed by atoms with E-state index in [1.54, 1.807) is 18.9 Å². The summed E-state index contributed by atoms with van der Waals surface area (Å²) in [5.41, 5.74) is 1.81. The molecule has 34 heavy (non-hydrogen) atoms. The number of amides is 1. The number of esters is 1. The summed E-state index contributed by atoms with van der Waals surface area (Å²) >= 11 is 1.27. The topological polar surface area (TPSA) is 76.5 Å². The van der Waals surface area contributed by atoms with Crippen LogP contribution in [0.2, 0.25) is 0 Å². The van der Waals surface area contributed by atoms with Gasteiger partial charge in [-0.25, -0.2) is 9.78 Å². The number of carbonyl (C=O) groups is 2. The van der Waals surface area contributed by atoms with E-state index in [0.717, 1.165) is 15.0 Å². The van der Waals surface area contributed by atoms with Crippen LogP contribution in [0.1, 0.15) is 28.0 Å². The van der Waals surface area contributed by atoms with Gasteiger partial charge in [0.2, 0.25) is 5.91 Å². The first-order valence-electron chi connectivity index (χ1n) is 10.5. The van der Waals surface area contributed by atoms with E-state index >= 15 is 0 Å². The van der Waals surface area contributed by atoms with Gasteiger partial charge in [0.05, 0.1) is 19.7 Å². The van der Waals surface area contributed by atoms with Crippen LogP contribution >= 0.6 is 11.3 Å². The fourth-order valence-electron chi connectivity index (χ4n) is 3.52. The number of ether oxygens (including phenoxy) is 1. The predicted molar refractivity (Wildman–Crippen MR) is 124 cm³/mol. The smallest absolute Gasteiger partial charge is 0.406 e. The maximum Gasteiger partial charge on any atom is 0.406 e. The van der Waals surface area contributed by atoms with Gasteiger partial charge in [0.25, 0.3) is 0 Å². The van der Waals surface area contributed by atoms with Crippen LogP contribution in [0, 0.1) is 6.92 Å². The van der Waals surface area contributed by atoms with Crippen LogP contribution in [-0.2, 0) is 22.6 Å². The Labute approximate surface area is 199 Å². The summed E-state index contributed by atoms with van der Waals surface area (Å²) in [5, 5.41) is 3.14. The minimum Gasteiger partial charge on any atom is -0.462 e. The van der Waals surface area contributed by atoms with Crippen molar-refractivity contribution in [2.45, 2.75) is 33.1 Å². The highest BCUT2D eigenvalue weighted by Gasteiger charge is 2.29. The largest absolute Gasteiger partial charge is 0.462 e. The molecule has 3 rings (SSSR count). The first-order valence-corrected chi connectivity index (χ1v) is 11.3. The number of hydrogen-bond acceptors (Lipinski definition) is 6. The van der Waals surface area contributed by atoms with E-state index in [0.29, 0.717) is 10.6 Å². The summed E-state index contributed by atoms with van der Waals surface area (Å²) in [6.07, 6.45) is -1.83. The lowest BCUT2D eigenvalue weighted by molar-refractivity contribution is -0.141. The molecule has 1 N–H and O–H groups in total. The van der Waals surface area contributed by atoms with E-state index in [9.17, 15) is 22.8 Å². The Hall–Kier alpha value is -3.18. The van der Waals surface area contributed by atoms with Gasteiger partial charge in [-0.2, -0.15) is 13.2 Å². The average molecular weight is 495 g/mol. The fraction of sp³-hybridized carbons (Fsp3) is 0.348. The number of aromatic nitrogens is 2. The van der Waals surface area contributed by atoms with Gasteiger partial charge >= 0.3 is 12.1 Å². The molecule has 0 atom stereocenters. The van der Waals surface area contributed by atoms with E-state index < -0.39 is 24.6 Å². The Bertz CT molecular complexity index is 1140. The van der Waals surface area contributed by atoms with Gasteiger partial charge in [-0.1, -0.05) is 30.3 Å². The Morgan fingerprint density at radius 1 is 1.24 bits per heavy atom. The van der Waals surface area contributed by atoms with Crippen LogP contribution in [0.25, 0.3) is 11.1 Å². The Morgan fingerprint density at radius 2 is 1.94 bits per heavy atom. The molecule has 0 spiro atoms. The summed E-state index contributed by atoms with van der Waals surface area (Å²) in [6, 6.07) is 9.34. The normalized spacial score (nSPS) is 11.6. The summed E-state index contributed by atoms with van der Waals surface area (Å²) in [5.74, 6) is -0.760. The van der Waals surface area contributed by atoms with Crippen molar-refractivity contribution in [2.75, 3.05) is 25.5 Å². The van der Waals surface area contributed by atoms with Crippen molar-refractivity contribution in [2.24, 2.45) is 0 Å². The second-order valence-corrected chi connectivity index (χ2v) is 8.86. The molecule has 3 aromatic rings. The van der Waals surface area contributed by atoms with Crippen molar-refractivity contribution in [3.05, 3.63) is 59.0 Å². The summed E-state index contributed by atoms with van der Waals surface area (Å²) in [7, 11) is 1.60. The standard InChI is InChI=1S/C23H25F3N4O3S/c1-4-33-22(32)20-19(16-8-6-5-7-9-16)15(2)34-21(20)28-18(31)13-29(3)12-17-27-10-11-30(17)14-23(24,25)26/h5-11H,4,12-14H2,1-3H3,(H,28,31). The van der Waals surface area contributed by atoms with Gasteiger partial charge in [-0.05, 0) is 26.5 Å². The number of rotatable bonds is 9. The number of hydrogen-bond donors (Lipinski definition) is 1. The maximum absolute atomic E-state index is 12.8. The number of alkyl halides is 3. The second-order valence-electron chi connectivity index (χ2n) is 7.63. The monoisotopic (exact) mass is 494 g/mol. The van der Waals surface area contributed by atoms with Crippen LogP contribution < -0.4 is 5.32 Å². The number of anilines is 1. The zero-order valence-electron chi connectivity index (χ0n) is 19.0. The molecular weight excluding hydrogens is 469 g/mol. The van der Waals surface area contributed by atoms with Gasteiger partial charge in [-0.3, -0.25) is 9.69 Å². The molecule has 0 unspecified atom stereocenters. The van der Waals surface area contributed by atoms with Crippen LogP contribution in [0.4, 0.5) is 18.2 Å². The number of nitrogens with one attached hydrogen (secondary N) is 1. The first kappa shape index (κ1) is 25.4. The SMILES string of the molecule is CCOC(=O)c1c(NC(=O)CN(C)Cc2nccn2CC(F)(F)F)sc(C)c1-c1ccccc1. The number of benzene rings is 1. The third kappa shape index (κ3) is 6.45. The van der Waals surface area contributed by atoms with E-state index in [4.69, 9.17) is 4.74 Å². The van der Waals surface area contributed by atoms with Crippen molar-refractivity contribution in [1.29, 1.82) is 0 Å². The zero-order valence-corrected chi connectivity index (χ0v) is 19.8. The van der Waals surface area contributed by atoms with Crippen LogP contribution in [-0.4, -0.2) is 52.7 Å². The second kappa shape index (κ2) is 10.8. The van der Waals surface area contributed by atoms with Crippen LogP contribution in [0.15, 0.2) is 42.7 Å². The molecule has 0 aliphatic rings. The maximum atomic E-state index is 12.8. The third-order valence-corrected chi connectivity index (χ3v) is 5.88. The lowest BCUT2D eigenvalue weighted by atomic mass is 10.0. The number of nitrogens with zero attached hydrogens (tertiary/aromatic N) is 3. The fourth-order valence-corrected chi connectivity index (χ4v) is 4.60. The third-order valence-electron chi connectivity index (χ3n) is 4.86. The van der Waals surface area contributed by atoms with Gasteiger partial charge < -0.3 is 14.6 Å². The molecule has 182 valence electrons. The summed E-state index contributed by atoms with van der Waals surface area (Å²) < 4.78 is 44.5. The quantitative estimate of drug-likeness (QED) is 0.436. The number of carbonyl (C=O) groups excluding carboxylic acids is 2. The molecule has 1 aromatic carbocycles. The molecule has 7 nitrogen and oxygen atoms in total. The zero-order chi connectivity index (χ0) is 24.9. The minimum atomic E-state index is -4.37. The molecule has 0 saturated heterocycles. The molecule has 1 amide bonds. The van der Waals surface area contributed by atoms with Gasteiger partial charge in [-0.15, -0.1) is 11.3 Å². The van der Waals surface area contributed by atoms with Crippen molar-refractivity contribution in [3.63, 3.8) is 0 Å². The van der Waals surface area contributed by atoms with E-state index in [-0.39, 0.29) is 31.1 Å². The van der Waals surface area contributed by atoms with E-state index in [1.807, 2.05) is 37.3 Å². The highest BCUT2D eigenvalue weighted by molar-refractivity contribution is 7.17. The van der Waals surface area contributed by atoms with Crippen LogP contribution in [0.5, 0.6) is 0 Å². The van der Waals surface area contributed by atoms with Crippen LogP contribution in [0.3, 0.4) is 0 Å². The molecule has 0 fully saturated rings. The number of imidazole rings is 1. The predicted octanol–water partition coefficient (Wildman–Crippen LogP) is 4.73. The number of likely N-dealkylation sites (N-methyl/N-ethyl adjacent to an activating group) is 1. The molecule has 11 heteroatoms. The van der Waals surface area contributed by atoms with Gasteiger partial charge in [0.1, 0.15) is 22.9 Å². The molecule has 0 aliphatic carbocycles. The minimum absolute atomic E-state index is 0.0416. The van der Waals surface area contributed by atoms with Gasteiger partial charge in [0, 0.05) is 22.8 Å². The van der Waals surface area contributed by atoms with Crippen molar-refractivity contribution >= 4 is 28.2 Å². The Balaban J connectivity index is 1.76. The Morgan fingerprint density at radius 3 is 2.59 bits per heavy atom. The van der Waals surface area contributed by atoms with Crippen molar-refractivity contribution in [3.8, 4) is 11.1 Å². The molecule has 0 bridgehead atoms. The lowest BCUT2D eigenvalue weighted by Gasteiger charge is -2.17. The van der Waals surface area contributed by atoms with Gasteiger partial charge in [0.15, 0.2) is 0 Å². The Kier molecular flexibility index (Phi) is 8.11. The average Bonchev–Trinajstić information content (AvgIpc) is 3.30. The molecule has 0 aliphatic heterocycles. The molecular formula is C23H25F3N4O3S. The number of thiophene rings is 1. The molecule has 0 radical (unpaired) electrons. The highest BCUT2D eigenvalue weighted by Crippen LogP contribution is 2.40. The number of halogens is 3. The number of aryl methyl sites for hydroxylation is 1. The van der Waals surface area contributed by atoms with E-state index in [2.05, 4.69) is 10.3 Å². The van der Waals surface area contributed by atoms with E-state index in [1.165, 1.54) is 23.7 Å². The molecule has 2 aromatic heterocycles. The first-order chi connectivity index (χ1) is 16.1. The summed E-state index contributed by atoms with van der Waals surface area (Å²) in [4.78, 5) is 31.9. The lowest BCUT2D eigenvalue weighted by Crippen LogP contribution is -2.31. The van der Waals surface area contributed by atoms with Crippen molar-refractivity contribution < 1.29 is 27.5 Å². The van der Waals surface area contributed by atoms with Crippen molar-refractivity contribution in [1.82, 2.24) is 14.5 Å². The molecule has 0 saturated carbocycles. The summed E-state index contributed by atoms with van der Waals surface area (Å²) in [6.45, 7) is 2.52. The highest BCUT2D eigenvalue weighted by atomic mass is 32.1.